The van der Waals surface area contributed by atoms with Gasteiger partial charge in [0.05, 0.1) is 12.8 Å². The van der Waals surface area contributed by atoms with E-state index in [1.54, 1.807) is 7.11 Å². The summed E-state index contributed by atoms with van der Waals surface area (Å²) in [6, 6.07) is 14.5. The number of ether oxygens (including phenoxy) is 1. The monoisotopic (exact) mass is 270 g/mol. The molecule has 1 unspecified atom stereocenters. The maximum Gasteiger partial charge on any atom is 0.244 e. The lowest BCUT2D eigenvalue weighted by Gasteiger charge is -2.19. The number of hydrogen-bond acceptors (Lipinski definition) is 3. The van der Waals surface area contributed by atoms with Crippen LogP contribution >= 0.6 is 0 Å². The zero-order valence-electron chi connectivity index (χ0n) is 11.6. The number of nitrogens with one attached hydrogen (secondary N) is 1. The number of benzene rings is 2. The molecular formula is C16H18N2O2. The number of carbonyl (C=O) groups is 1. The number of carbonyl (C=O) groups excluding carboxylic acids is 1. The largest absolute Gasteiger partial charge is 0.495 e. The van der Waals surface area contributed by atoms with Crippen molar-refractivity contribution in [1.82, 2.24) is 0 Å². The highest BCUT2D eigenvalue weighted by molar-refractivity contribution is 5.85. The molecule has 2 aromatic rings. The molecule has 0 aliphatic rings. The van der Waals surface area contributed by atoms with Crippen LogP contribution in [0.3, 0.4) is 0 Å². The minimum absolute atomic E-state index is 0.429. The highest BCUT2D eigenvalue weighted by Crippen LogP contribution is 2.28. The summed E-state index contributed by atoms with van der Waals surface area (Å²) in [5, 5.41) is 3.14. The van der Waals surface area contributed by atoms with Gasteiger partial charge in [-0.15, -0.1) is 0 Å². The summed E-state index contributed by atoms with van der Waals surface area (Å²) in [4.78, 5) is 11.7. The van der Waals surface area contributed by atoms with Gasteiger partial charge in [-0.2, -0.15) is 0 Å². The van der Waals surface area contributed by atoms with Crippen LogP contribution in [0.25, 0.3) is 0 Å². The molecule has 0 fully saturated rings. The maximum atomic E-state index is 11.7. The molecule has 0 bridgehead atoms. The van der Waals surface area contributed by atoms with Crippen LogP contribution in [0.2, 0.25) is 0 Å². The SMILES string of the molecule is COc1ccccc1NC(C(N)=O)c1cccc(C)c1. The molecule has 1 atom stereocenters. The normalized spacial score (nSPS) is 11.7. The summed E-state index contributed by atoms with van der Waals surface area (Å²) < 4.78 is 5.27. The Hall–Kier alpha value is -2.49. The van der Waals surface area contributed by atoms with Gasteiger partial charge in [0, 0.05) is 0 Å². The Kier molecular flexibility index (Phi) is 4.25. The van der Waals surface area contributed by atoms with Gasteiger partial charge in [0.25, 0.3) is 0 Å². The van der Waals surface area contributed by atoms with Crippen LogP contribution in [0, 0.1) is 6.92 Å². The standard InChI is InChI=1S/C16H18N2O2/c1-11-6-5-7-12(10-11)15(16(17)19)18-13-8-3-4-9-14(13)20-2/h3-10,15,18H,1-2H3,(H2,17,19). The van der Waals surface area contributed by atoms with Gasteiger partial charge in [0.1, 0.15) is 11.8 Å². The lowest BCUT2D eigenvalue weighted by Crippen LogP contribution is -2.27. The molecule has 0 aliphatic heterocycles. The Morgan fingerprint density at radius 3 is 2.60 bits per heavy atom. The molecule has 0 spiro atoms. The van der Waals surface area contributed by atoms with Gasteiger partial charge in [-0.05, 0) is 24.6 Å². The summed E-state index contributed by atoms with van der Waals surface area (Å²) in [5.74, 6) is 0.243. The number of anilines is 1. The lowest BCUT2D eigenvalue weighted by atomic mass is 10.0. The summed E-state index contributed by atoms with van der Waals surface area (Å²) in [5.41, 5.74) is 8.17. The van der Waals surface area contributed by atoms with Crippen molar-refractivity contribution >= 4 is 11.6 Å². The first-order valence-corrected chi connectivity index (χ1v) is 6.37. The Labute approximate surface area is 118 Å². The number of para-hydroxylation sites is 2. The van der Waals surface area contributed by atoms with Gasteiger partial charge >= 0.3 is 0 Å². The van der Waals surface area contributed by atoms with E-state index in [9.17, 15) is 4.79 Å². The molecule has 0 heterocycles. The van der Waals surface area contributed by atoms with Crippen LogP contribution in [0.15, 0.2) is 48.5 Å². The molecule has 1 amide bonds. The third-order valence-electron chi connectivity index (χ3n) is 3.07. The average molecular weight is 270 g/mol. The molecule has 0 radical (unpaired) electrons. The number of nitrogens with two attached hydrogens (primary N) is 1. The number of hydrogen-bond donors (Lipinski definition) is 2. The van der Waals surface area contributed by atoms with Gasteiger partial charge < -0.3 is 15.8 Å². The minimum Gasteiger partial charge on any atom is -0.495 e. The maximum absolute atomic E-state index is 11.7. The fourth-order valence-corrected chi connectivity index (χ4v) is 2.09. The zero-order valence-corrected chi connectivity index (χ0v) is 11.6. The van der Waals surface area contributed by atoms with Gasteiger partial charge in [-0.1, -0.05) is 42.0 Å². The lowest BCUT2D eigenvalue weighted by molar-refractivity contribution is -0.118. The van der Waals surface area contributed by atoms with Gasteiger partial charge in [0.2, 0.25) is 5.91 Å². The van der Waals surface area contributed by atoms with E-state index in [1.807, 2.05) is 55.5 Å². The summed E-state index contributed by atoms with van der Waals surface area (Å²) in [7, 11) is 1.59. The number of aryl methyl sites for hydroxylation is 1. The van der Waals surface area contributed by atoms with Crippen molar-refractivity contribution in [3.8, 4) is 5.75 Å². The Bertz CT molecular complexity index is 611. The molecule has 0 aliphatic carbocycles. The number of amides is 1. The second-order valence-corrected chi connectivity index (χ2v) is 4.59. The molecule has 2 rings (SSSR count). The number of primary amides is 1. The van der Waals surface area contributed by atoms with E-state index < -0.39 is 11.9 Å². The van der Waals surface area contributed by atoms with E-state index in [0.29, 0.717) is 5.75 Å². The molecule has 104 valence electrons. The second-order valence-electron chi connectivity index (χ2n) is 4.59. The van der Waals surface area contributed by atoms with Gasteiger partial charge in [-0.3, -0.25) is 4.79 Å². The van der Waals surface area contributed by atoms with Crippen LogP contribution in [-0.4, -0.2) is 13.0 Å². The van der Waals surface area contributed by atoms with Crippen LogP contribution in [-0.2, 0) is 4.79 Å². The average Bonchev–Trinajstić information content (AvgIpc) is 2.44. The third kappa shape index (κ3) is 3.09. The predicted molar refractivity (Wildman–Crippen MR) is 79.7 cm³/mol. The van der Waals surface area contributed by atoms with E-state index in [4.69, 9.17) is 10.5 Å². The molecular weight excluding hydrogens is 252 g/mol. The number of rotatable bonds is 5. The van der Waals surface area contributed by atoms with E-state index in [0.717, 1.165) is 16.8 Å². The Balaban J connectivity index is 2.33. The minimum atomic E-state index is -0.591. The first-order valence-electron chi connectivity index (χ1n) is 6.37. The summed E-state index contributed by atoms with van der Waals surface area (Å²) in [6.45, 7) is 1.98. The fraction of sp³-hybridized carbons (Fsp3) is 0.188. The van der Waals surface area contributed by atoms with Crippen molar-refractivity contribution in [2.75, 3.05) is 12.4 Å². The van der Waals surface area contributed by atoms with E-state index >= 15 is 0 Å². The molecule has 3 N–H and O–H groups in total. The molecule has 0 saturated carbocycles. The van der Waals surface area contributed by atoms with Gasteiger partial charge in [0.15, 0.2) is 0 Å². The Morgan fingerprint density at radius 2 is 1.95 bits per heavy atom. The van der Waals surface area contributed by atoms with Crippen molar-refractivity contribution in [1.29, 1.82) is 0 Å². The van der Waals surface area contributed by atoms with Crippen LogP contribution in [0.5, 0.6) is 5.75 Å². The zero-order chi connectivity index (χ0) is 14.5. The van der Waals surface area contributed by atoms with Crippen LogP contribution in [0.4, 0.5) is 5.69 Å². The third-order valence-corrected chi connectivity index (χ3v) is 3.07. The highest BCUT2D eigenvalue weighted by atomic mass is 16.5. The predicted octanol–water partition coefficient (Wildman–Crippen LogP) is 2.64. The topological polar surface area (TPSA) is 64.3 Å². The summed E-state index contributed by atoms with van der Waals surface area (Å²) in [6.07, 6.45) is 0. The van der Waals surface area contributed by atoms with Crippen molar-refractivity contribution in [2.45, 2.75) is 13.0 Å². The van der Waals surface area contributed by atoms with Crippen molar-refractivity contribution < 1.29 is 9.53 Å². The summed E-state index contributed by atoms with van der Waals surface area (Å²) >= 11 is 0. The fourth-order valence-electron chi connectivity index (χ4n) is 2.09. The van der Waals surface area contributed by atoms with E-state index in [-0.39, 0.29) is 0 Å². The molecule has 2 aromatic carbocycles. The van der Waals surface area contributed by atoms with Crippen molar-refractivity contribution in [3.05, 3.63) is 59.7 Å². The molecule has 4 nitrogen and oxygen atoms in total. The van der Waals surface area contributed by atoms with Crippen molar-refractivity contribution in [3.63, 3.8) is 0 Å². The van der Waals surface area contributed by atoms with Gasteiger partial charge in [-0.25, -0.2) is 0 Å². The molecule has 0 saturated heterocycles. The second kappa shape index (κ2) is 6.10. The smallest absolute Gasteiger partial charge is 0.244 e. The first kappa shape index (κ1) is 13.9. The Morgan fingerprint density at radius 1 is 1.20 bits per heavy atom. The number of methoxy groups -OCH3 is 1. The van der Waals surface area contributed by atoms with E-state index in [2.05, 4.69) is 5.32 Å². The quantitative estimate of drug-likeness (QED) is 0.877. The van der Waals surface area contributed by atoms with Crippen LogP contribution in [0.1, 0.15) is 17.2 Å². The first-order chi connectivity index (χ1) is 9.61. The molecule has 20 heavy (non-hydrogen) atoms. The van der Waals surface area contributed by atoms with Crippen molar-refractivity contribution in [2.24, 2.45) is 5.73 Å². The van der Waals surface area contributed by atoms with Crippen LogP contribution < -0.4 is 15.8 Å². The van der Waals surface area contributed by atoms with E-state index in [1.165, 1.54) is 0 Å². The highest BCUT2D eigenvalue weighted by Gasteiger charge is 2.19. The molecule has 4 heteroatoms. The molecule has 0 aromatic heterocycles.